The minimum atomic E-state index is -0.663. The number of nitrogens with zero attached hydrogens (tertiary/aromatic N) is 3. The molecule has 0 aromatic carbocycles. The lowest BCUT2D eigenvalue weighted by molar-refractivity contribution is 0.221. The van der Waals surface area contributed by atoms with Crippen molar-refractivity contribution in [2.24, 2.45) is 0 Å². The van der Waals surface area contributed by atoms with Gasteiger partial charge in [-0.25, -0.2) is 0 Å². The van der Waals surface area contributed by atoms with Crippen molar-refractivity contribution in [2.75, 3.05) is 0 Å². The van der Waals surface area contributed by atoms with Crippen molar-refractivity contribution in [1.29, 1.82) is 0 Å². The molecule has 84 valence electrons. The van der Waals surface area contributed by atoms with Gasteiger partial charge in [0.15, 0.2) is 0 Å². The van der Waals surface area contributed by atoms with E-state index in [0.29, 0.717) is 0 Å². The highest BCUT2D eigenvalue weighted by atomic mass is 32.1. The molecule has 0 fully saturated rings. The molecule has 0 aliphatic rings. The molecule has 0 aliphatic heterocycles. The van der Waals surface area contributed by atoms with Crippen molar-refractivity contribution in [3.8, 4) is 0 Å². The van der Waals surface area contributed by atoms with Crippen LogP contribution in [0, 0.1) is 6.92 Å². The third-order valence-corrected chi connectivity index (χ3v) is 3.36. The van der Waals surface area contributed by atoms with Crippen LogP contribution in [0.2, 0.25) is 0 Å². The van der Waals surface area contributed by atoms with Crippen LogP contribution in [0.5, 0.6) is 0 Å². The first-order valence-corrected chi connectivity index (χ1v) is 5.91. The number of aryl methyl sites for hydroxylation is 2. The zero-order chi connectivity index (χ0) is 11.5. The van der Waals surface area contributed by atoms with E-state index < -0.39 is 6.10 Å². The molecule has 5 heteroatoms. The largest absolute Gasteiger partial charge is 0.383 e. The molecule has 4 nitrogen and oxygen atoms in total. The summed E-state index contributed by atoms with van der Waals surface area (Å²) in [5.74, 6) is 0. The van der Waals surface area contributed by atoms with Crippen molar-refractivity contribution in [3.05, 3.63) is 40.2 Å². The number of aliphatic hydroxyl groups is 1. The number of hydrogen-bond donors (Lipinski definition) is 1. The molecule has 2 rings (SSSR count). The van der Waals surface area contributed by atoms with Gasteiger partial charge in [-0.1, -0.05) is 11.4 Å². The average molecular weight is 235 g/mol. The summed E-state index contributed by atoms with van der Waals surface area (Å²) in [6, 6.07) is 1.89. The van der Waals surface area contributed by atoms with Crippen LogP contribution >= 0.6 is 11.5 Å². The minimum absolute atomic E-state index is 0.663. The first-order chi connectivity index (χ1) is 7.74. The summed E-state index contributed by atoms with van der Waals surface area (Å²) >= 11 is 1.25. The highest BCUT2D eigenvalue weighted by Gasteiger charge is 2.19. The van der Waals surface area contributed by atoms with E-state index in [4.69, 9.17) is 0 Å². The molecule has 0 bridgehead atoms. The maximum absolute atomic E-state index is 10.3. The van der Waals surface area contributed by atoms with E-state index in [0.717, 1.165) is 28.1 Å². The molecular formula is C11H13N3OS. The Kier molecular flexibility index (Phi) is 3.26. The summed E-state index contributed by atoms with van der Waals surface area (Å²) < 4.78 is 3.88. The van der Waals surface area contributed by atoms with E-state index in [1.54, 1.807) is 12.4 Å². The SMILES string of the molecule is CCc1nnsc1C(O)c1cnccc1C. The summed E-state index contributed by atoms with van der Waals surface area (Å²) in [6.07, 6.45) is 3.53. The number of pyridine rings is 1. The maximum Gasteiger partial charge on any atom is 0.118 e. The van der Waals surface area contributed by atoms with Gasteiger partial charge < -0.3 is 5.11 Å². The van der Waals surface area contributed by atoms with Gasteiger partial charge in [-0.3, -0.25) is 4.98 Å². The van der Waals surface area contributed by atoms with Crippen LogP contribution in [0.15, 0.2) is 18.5 Å². The van der Waals surface area contributed by atoms with Gasteiger partial charge in [0.2, 0.25) is 0 Å². The molecule has 16 heavy (non-hydrogen) atoms. The van der Waals surface area contributed by atoms with Crippen LogP contribution in [0.3, 0.4) is 0 Å². The topological polar surface area (TPSA) is 58.9 Å². The predicted molar refractivity (Wildman–Crippen MR) is 62.3 cm³/mol. The molecule has 0 saturated heterocycles. The van der Waals surface area contributed by atoms with E-state index in [1.165, 1.54) is 11.5 Å². The molecule has 2 aromatic rings. The second-order valence-electron chi connectivity index (χ2n) is 3.57. The van der Waals surface area contributed by atoms with Crippen LogP contribution in [0.4, 0.5) is 0 Å². The first kappa shape index (κ1) is 11.2. The molecule has 2 heterocycles. The van der Waals surface area contributed by atoms with Crippen molar-refractivity contribution in [3.63, 3.8) is 0 Å². The lowest BCUT2D eigenvalue weighted by Crippen LogP contribution is -2.03. The summed E-state index contributed by atoms with van der Waals surface area (Å²) in [7, 11) is 0. The van der Waals surface area contributed by atoms with E-state index in [1.807, 2.05) is 19.9 Å². The van der Waals surface area contributed by atoms with Crippen molar-refractivity contribution < 1.29 is 5.11 Å². The van der Waals surface area contributed by atoms with Gasteiger partial charge in [0.1, 0.15) is 6.10 Å². The minimum Gasteiger partial charge on any atom is -0.383 e. The smallest absolute Gasteiger partial charge is 0.118 e. The van der Waals surface area contributed by atoms with E-state index in [2.05, 4.69) is 14.6 Å². The average Bonchev–Trinajstić information content (AvgIpc) is 2.77. The molecule has 0 aliphatic carbocycles. The number of hydrogen-bond acceptors (Lipinski definition) is 5. The highest BCUT2D eigenvalue weighted by Crippen LogP contribution is 2.28. The van der Waals surface area contributed by atoms with Gasteiger partial charge in [0, 0.05) is 18.0 Å². The van der Waals surface area contributed by atoms with Crippen LogP contribution in [0.1, 0.15) is 34.7 Å². The Hall–Kier alpha value is -1.33. The third kappa shape index (κ3) is 1.96. The van der Waals surface area contributed by atoms with E-state index in [9.17, 15) is 5.11 Å². The van der Waals surface area contributed by atoms with Gasteiger partial charge in [-0.05, 0) is 36.5 Å². The Bertz CT molecular complexity index is 484. The van der Waals surface area contributed by atoms with Crippen molar-refractivity contribution >= 4 is 11.5 Å². The van der Waals surface area contributed by atoms with Crippen LogP contribution < -0.4 is 0 Å². The van der Waals surface area contributed by atoms with Crippen LogP contribution in [0.25, 0.3) is 0 Å². The standard InChI is InChI=1S/C11H13N3OS/c1-3-9-11(16-14-13-9)10(15)8-6-12-5-4-7(8)2/h4-6,10,15H,3H2,1-2H3. The Labute approximate surface area is 98.2 Å². The monoisotopic (exact) mass is 235 g/mol. The molecule has 0 amide bonds. The summed E-state index contributed by atoms with van der Waals surface area (Å²) in [5, 5.41) is 14.3. The van der Waals surface area contributed by atoms with Gasteiger partial charge in [0.05, 0.1) is 10.6 Å². The van der Waals surface area contributed by atoms with E-state index in [-0.39, 0.29) is 0 Å². The molecular weight excluding hydrogens is 222 g/mol. The van der Waals surface area contributed by atoms with E-state index >= 15 is 0 Å². The second kappa shape index (κ2) is 4.67. The van der Waals surface area contributed by atoms with Crippen molar-refractivity contribution in [2.45, 2.75) is 26.4 Å². The number of rotatable bonds is 3. The zero-order valence-electron chi connectivity index (χ0n) is 9.21. The first-order valence-electron chi connectivity index (χ1n) is 5.13. The van der Waals surface area contributed by atoms with Gasteiger partial charge in [0.25, 0.3) is 0 Å². The predicted octanol–water partition coefficient (Wildman–Crippen LogP) is 1.89. The molecule has 2 aromatic heterocycles. The van der Waals surface area contributed by atoms with Gasteiger partial charge in [-0.2, -0.15) is 0 Å². The quantitative estimate of drug-likeness (QED) is 0.882. The third-order valence-electron chi connectivity index (χ3n) is 2.54. The highest BCUT2D eigenvalue weighted by molar-refractivity contribution is 7.05. The normalized spacial score (nSPS) is 12.7. The molecule has 1 unspecified atom stereocenters. The Balaban J connectivity index is 2.39. The van der Waals surface area contributed by atoms with Crippen molar-refractivity contribution in [1.82, 2.24) is 14.6 Å². The lowest BCUT2D eigenvalue weighted by atomic mass is 10.0. The fourth-order valence-electron chi connectivity index (χ4n) is 1.57. The number of aliphatic hydroxyl groups excluding tert-OH is 1. The van der Waals surface area contributed by atoms with Crippen LogP contribution in [-0.4, -0.2) is 19.7 Å². The lowest BCUT2D eigenvalue weighted by Gasteiger charge is -2.11. The molecule has 1 N–H and O–H groups in total. The summed E-state index contributed by atoms with van der Waals surface area (Å²) in [4.78, 5) is 4.85. The second-order valence-corrected chi connectivity index (χ2v) is 4.36. The fraction of sp³-hybridized carbons (Fsp3) is 0.364. The Morgan fingerprint density at radius 3 is 3.00 bits per heavy atom. The Morgan fingerprint density at radius 2 is 2.31 bits per heavy atom. The molecule has 0 spiro atoms. The molecule has 0 radical (unpaired) electrons. The zero-order valence-corrected chi connectivity index (χ0v) is 10.0. The van der Waals surface area contributed by atoms with Gasteiger partial charge >= 0.3 is 0 Å². The number of aromatic nitrogens is 3. The van der Waals surface area contributed by atoms with Gasteiger partial charge in [-0.15, -0.1) is 5.10 Å². The maximum atomic E-state index is 10.3. The summed E-state index contributed by atoms with van der Waals surface area (Å²) in [6.45, 7) is 3.96. The van der Waals surface area contributed by atoms with Crippen LogP contribution in [-0.2, 0) is 6.42 Å². The summed E-state index contributed by atoms with van der Waals surface area (Å²) in [5.41, 5.74) is 2.71. The molecule has 1 atom stereocenters. The molecule has 0 saturated carbocycles. The Morgan fingerprint density at radius 1 is 1.50 bits per heavy atom. The fourth-order valence-corrected chi connectivity index (χ4v) is 2.32.